The first kappa shape index (κ1) is 30.4. The first-order valence-corrected chi connectivity index (χ1v) is 16.9. The van der Waals surface area contributed by atoms with Crippen molar-refractivity contribution >= 4 is 16.0 Å². The Kier molecular flexibility index (Phi) is 8.32. The summed E-state index contributed by atoms with van der Waals surface area (Å²) in [6.07, 6.45) is 3.64. The van der Waals surface area contributed by atoms with Crippen LogP contribution < -0.4 is 14.2 Å². The number of methoxy groups -OCH3 is 1. The van der Waals surface area contributed by atoms with Crippen LogP contribution in [0, 0.1) is 19.7 Å². The van der Waals surface area contributed by atoms with Crippen LogP contribution in [0.5, 0.6) is 17.2 Å². The molecule has 0 aromatic heterocycles. The van der Waals surface area contributed by atoms with E-state index >= 15 is 4.39 Å². The maximum atomic E-state index is 15.4. The number of nitrogens with zero attached hydrogens (tertiary/aromatic N) is 1. The van der Waals surface area contributed by atoms with Gasteiger partial charge in [-0.25, -0.2) is 17.1 Å². The maximum Gasteiger partial charge on any atom is 0.306 e. The molecule has 1 aliphatic carbocycles. The minimum absolute atomic E-state index is 0.0472. The molecule has 3 aromatic carbocycles. The minimum Gasteiger partial charge on any atom is -0.492 e. The molecule has 2 aliphatic heterocycles. The van der Waals surface area contributed by atoms with Gasteiger partial charge < -0.3 is 18.9 Å². The van der Waals surface area contributed by atoms with Gasteiger partial charge in [-0.15, -0.1) is 0 Å². The standard InChI is InChI=1S/C34H38FNO7S/c1-20-15-25(42-23-11-13-36(14-12-23)44(4,38)39)16-21(2)33(20)27-7-9-29(35)34-28(27)8-10-30(34)43-24-5-6-26-22(17-32(37)40-3)19-41-31(26)18-24/h5-7,9,15-16,18,22-23,30H,8,10-14,17,19H2,1-4H3/t22-,30-/m1/s1. The van der Waals surface area contributed by atoms with Gasteiger partial charge in [0.1, 0.15) is 35.3 Å². The summed E-state index contributed by atoms with van der Waals surface area (Å²) < 4.78 is 63.9. The Labute approximate surface area is 258 Å². The van der Waals surface area contributed by atoms with E-state index in [1.165, 1.54) is 23.7 Å². The van der Waals surface area contributed by atoms with Gasteiger partial charge in [-0.3, -0.25) is 4.79 Å². The van der Waals surface area contributed by atoms with Gasteiger partial charge in [-0.05, 0) is 91.6 Å². The Morgan fingerprint density at radius 3 is 2.41 bits per heavy atom. The molecule has 0 N–H and O–H groups in total. The first-order chi connectivity index (χ1) is 21.0. The number of hydrogen-bond donors (Lipinski definition) is 0. The van der Waals surface area contributed by atoms with Gasteiger partial charge in [0.25, 0.3) is 0 Å². The van der Waals surface area contributed by atoms with E-state index in [-0.39, 0.29) is 30.2 Å². The molecule has 0 saturated carbocycles. The predicted octanol–water partition coefficient (Wildman–Crippen LogP) is 6.02. The summed E-state index contributed by atoms with van der Waals surface area (Å²) >= 11 is 0. The van der Waals surface area contributed by atoms with E-state index in [0.717, 1.165) is 39.1 Å². The fourth-order valence-electron chi connectivity index (χ4n) is 6.86. The highest BCUT2D eigenvalue weighted by molar-refractivity contribution is 7.88. The van der Waals surface area contributed by atoms with Crippen molar-refractivity contribution in [3.63, 3.8) is 0 Å². The molecular weight excluding hydrogens is 585 g/mol. The molecule has 1 saturated heterocycles. The van der Waals surface area contributed by atoms with Gasteiger partial charge in [0.2, 0.25) is 10.0 Å². The summed E-state index contributed by atoms with van der Waals surface area (Å²) in [7, 11) is -1.81. The smallest absolute Gasteiger partial charge is 0.306 e. The van der Waals surface area contributed by atoms with E-state index in [2.05, 4.69) is 0 Å². The van der Waals surface area contributed by atoms with Crippen molar-refractivity contribution < 1.29 is 36.6 Å². The van der Waals surface area contributed by atoms with Crippen LogP contribution in [0.3, 0.4) is 0 Å². The average Bonchev–Trinajstić information content (AvgIpc) is 3.58. The van der Waals surface area contributed by atoms with Crippen LogP contribution in [-0.2, 0) is 26.0 Å². The number of sulfonamides is 1. The number of carbonyl (C=O) groups is 1. The van der Waals surface area contributed by atoms with Gasteiger partial charge >= 0.3 is 5.97 Å². The highest BCUT2D eigenvalue weighted by Gasteiger charge is 2.33. The summed E-state index contributed by atoms with van der Waals surface area (Å²) in [5.74, 6) is 1.42. The molecule has 1 fully saturated rings. The van der Waals surface area contributed by atoms with Gasteiger partial charge in [0.15, 0.2) is 0 Å². The van der Waals surface area contributed by atoms with Crippen molar-refractivity contribution in [3.8, 4) is 28.4 Å². The van der Waals surface area contributed by atoms with E-state index in [9.17, 15) is 13.2 Å². The molecule has 0 radical (unpaired) electrons. The predicted molar refractivity (Wildman–Crippen MR) is 164 cm³/mol. The zero-order valence-corrected chi connectivity index (χ0v) is 26.3. The molecule has 3 aromatic rings. The van der Waals surface area contributed by atoms with Crippen molar-refractivity contribution in [2.24, 2.45) is 0 Å². The molecule has 2 atom stereocenters. The van der Waals surface area contributed by atoms with Crippen molar-refractivity contribution in [2.75, 3.05) is 33.1 Å². The molecule has 234 valence electrons. The average molecular weight is 624 g/mol. The van der Waals surface area contributed by atoms with Crippen molar-refractivity contribution in [1.29, 1.82) is 0 Å². The van der Waals surface area contributed by atoms with Gasteiger partial charge in [0, 0.05) is 36.2 Å². The fourth-order valence-corrected chi connectivity index (χ4v) is 7.74. The molecule has 8 nitrogen and oxygen atoms in total. The molecule has 2 heterocycles. The number of halogens is 1. The highest BCUT2D eigenvalue weighted by Crippen LogP contribution is 2.45. The Morgan fingerprint density at radius 2 is 1.73 bits per heavy atom. The summed E-state index contributed by atoms with van der Waals surface area (Å²) in [4.78, 5) is 11.8. The second-order valence-corrected chi connectivity index (χ2v) is 14.0. The van der Waals surface area contributed by atoms with Gasteiger partial charge in [0.05, 0.1) is 26.4 Å². The molecule has 3 aliphatic rings. The number of aryl methyl sites for hydroxylation is 2. The molecule has 44 heavy (non-hydrogen) atoms. The largest absolute Gasteiger partial charge is 0.492 e. The third kappa shape index (κ3) is 6.02. The summed E-state index contributed by atoms with van der Waals surface area (Å²) in [6.45, 7) is 5.40. The SMILES string of the molecule is COC(=O)C[C@@H]1COc2cc(O[C@@H]3CCc4c(-c5c(C)cc(OC6CCN(S(C)(=O)=O)CC6)cc5C)ccc(F)c43)ccc21. The summed E-state index contributed by atoms with van der Waals surface area (Å²) in [5, 5.41) is 0. The Balaban J connectivity index is 1.20. The molecular formula is C34H38FNO7S. The fraction of sp³-hybridized carbons (Fsp3) is 0.441. The number of piperidine rings is 1. The molecule has 0 bridgehead atoms. The van der Waals surface area contributed by atoms with E-state index < -0.39 is 16.1 Å². The number of ether oxygens (including phenoxy) is 4. The molecule has 6 rings (SSSR count). The molecule has 0 spiro atoms. The summed E-state index contributed by atoms with van der Waals surface area (Å²) in [5.41, 5.74) is 6.61. The van der Waals surface area contributed by atoms with Crippen molar-refractivity contribution in [3.05, 3.63) is 76.1 Å². The lowest BCUT2D eigenvalue weighted by Gasteiger charge is -2.30. The lowest BCUT2D eigenvalue weighted by Crippen LogP contribution is -2.41. The van der Waals surface area contributed by atoms with E-state index in [4.69, 9.17) is 18.9 Å². The van der Waals surface area contributed by atoms with Crippen LogP contribution >= 0.6 is 0 Å². The second kappa shape index (κ2) is 12.0. The Bertz CT molecular complexity index is 1670. The quantitative estimate of drug-likeness (QED) is 0.284. The number of fused-ring (bicyclic) bond motifs is 2. The van der Waals surface area contributed by atoms with Crippen LogP contribution in [-0.4, -0.2) is 57.9 Å². The highest BCUT2D eigenvalue weighted by atomic mass is 32.2. The third-order valence-electron chi connectivity index (χ3n) is 9.01. The van der Waals surface area contributed by atoms with Crippen molar-refractivity contribution in [1.82, 2.24) is 4.31 Å². The number of hydrogen-bond acceptors (Lipinski definition) is 7. The van der Waals surface area contributed by atoms with Crippen LogP contribution in [0.25, 0.3) is 11.1 Å². The van der Waals surface area contributed by atoms with E-state index in [0.29, 0.717) is 62.4 Å². The third-order valence-corrected chi connectivity index (χ3v) is 10.3. The van der Waals surface area contributed by atoms with Crippen LogP contribution in [0.15, 0.2) is 42.5 Å². The maximum absolute atomic E-state index is 15.4. The Morgan fingerprint density at radius 1 is 1.00 bits per heavy atom. The molecule has 0 amide bonds. The number of rotatable bonds is 8. The zero-order chi connectivity index (χ0) is 31.2. The molecule has 0 unspecified atom stereocenters. The van der Waals surface area contributed by atoms with Gasteiger partial charge in [-0.2, -0.15) is 0 Å². The lowest BCUT2D eigenvalue weighted by atomic mass is 9.90. The lowest BCUT2D eigenvalue weighted by molar-refractivity contribution is -0.141. The zero-order valence-electron chi connectivity index (χ0n) is 25.5. The Hall–Kier alpha value is -3.63. The topological polar surface area (TPSA) is 91.4 Å². The number of carbonyl (C=O) groups excluding carboxylic acids is 1. The van der Waals surface area contributed by atoms with Crippen LogP contribution in [0.1, 0.15) is 65.5 Å². The van der Waals surface area contributed by atoms with E-state index in [1.54, 1.807) is 0 Å². The van der Waals surface area contributed by atoms with Crippen LogP contribution in [0.2, 0.25) is 0 Å². The van der Waals surface area contributed by atoms with Crippen molar-refractivity contribution in [2.45, 2.75) is 64.1 Å². The van der Waals surface area contributed by atoms with Crippen LogP contribution in [0.4, 0.5) is 4.39 Å². The molecule has 10 heteroatoms. The monoisotopic (exact) mass is 623 g/mol. The summed E-state index contributed by atoms with van der Waals surface area (Å²) in [6, 6.07) is 13.0. The van der Waals surface area contributed by atoms with E-state index in [1.807, 2.05) is 50.2 Å². The second-order valence-electron chi connectivity index (χ2n) is 12.0. The number of benzene rings is 3. The minimum atomic E-state index is -3.19. The normalized spacial score (nSPS) is 20.1. The van der Waals surface area contributed by atoms with Gasteiger partial charge in [-0.1, -0.05) is 12.1 Å². The first-order valence-electron chi connectivity index (χ1n) is 15.1. The number of esters is 1.